The van der Waals surface area contributed by atoms with Crippen molar-refractivity contribution in [3.8, 4) is 28.6 Å². The quantitative estimate of drug-likeness (QED) is 0.427. The van der Waals surface area contributed by atoms with Crippen molar-refractivity contribution in [2.75, 3.05) is 33.2 Å². The summed E-state index contributed by atoms with van der Waals surface area (Å²) in [5, 5.41) is 8.00. The molecule has 4 aromatic rings. The van der Waals surface area contributed by atoms with Gasteiger partial charge in [-0.15, -0.1) is 5.10 Å². The molecule has 1 N–H and O–H groups in total. The first-order chi connectivity index (χ1) is 16.5. The van der Waals surface area contributed by atoms with Crippen molar-refractivity contribution in [3.63, 3.8) is 0 Å². The number of aromatic nitrogens is 3. The number of rotatable bonds is 5. The molecule has 1 aliphatic rings. The van der Waals surface area contributed by atoms with Crippen LogP contribution < -0.4 is 19.5 Å². The van der Waals surface area contributed by atoms with Crippen LogP contribution in [-0.2, 0) is 13.0 Å². The molecule has 0 atom stereocenters. The molecule has 0 radical (unpaired) electrons. The number of halogens is 1. The second-order valence-electron chi connectivity index (χ2n) is 7.62. The highest BCUT2D eigenvalue weighted by atomic mass is 35.5. The second-order valence-corrected chi connectivity index (χ2v) is 9.09. The molecule has 9 nitrogen and oxygen atoms in total. The number of benzene rings is 2. The van der Waals surface area contributed by atoms with Gasteiger partial charge >= 0.3 is 6.03 Å². The largest absolute Gasteiger partial charge is 0.497 e. The van der Waals surface area contributed by atoms with E-state index in [9.17, 15) is 4.79 Å². The van der Waals surface area contributed by atoms with E-state index < -0.39 is 0 Å². The van der Waals surface area contributed by atoms with Gasteiger partial charge in [0.25, 0.3) is 0 Å². The van der Waals surface area contributed by atoms with Crippen LogP contribution in [-0.4, -0.2) is 53.4 Å². The highest BCUT2D eigenvalue weighted by Gasteiger charge is 2.27. The van der Waals surface area contributed by atoms with Crippen molar-refractivity contribution < 1.29 is 19.0 Å². The van der Waals surface area contributed by atoms with E-state index in [-0.39, 0.29) is 6.03 Å². The van der Waals surface area contributed by atoms with Gasteiger partial charge in [-0.25, -0.2) is 9.31 Å². The molecule has 0 unspecified atom stereocenters. The van der Waals surface area contributed by atoms with Gasteiger partial charge in [0.15, 0.2) is 5.82 Å². The Hall–Kier alpha value is -3.50. The molecular formula is C23H22ClN5O4S. The van der Waals surface area contributed by atoms with Crippen LogP contribution in [0.15, 0.2) is 36.4 Å². The van der Waals surface area contributed by atoms with Crippen LogP contribution in [0.2, 0.25) is 5.02 Å². The number of hydrogen-bond donors (Lipinski definition) is 1. The molecule has 0 saturated carbocycles. The summed E-state index contributed by atoms with van der Waals surface area (Å²) >= 11 is 7.78. The van der Waals surface area contributed by atoms with Crippen molar-refractivity contribution in [2.24, 2.45) is 0 Å². The SMILES string of the molecule is COc1ccc(-c2nc3sc4c(n3n2)CCN(C(=O)Nc2cc(Cl)c(OC)cc2OC)C4)cc1. The third kappa shape index (κ3) is 3.99. The smallest absolute Gasteiger partial charge is 0.322 e. The number of thiazole rings is 1. The topological polar surface area (TPSA) is 90.2 Å². The van der Waals surface area contributed by atoms with Gasteiger partial charge in [-0.3, -0.25) is 0 Å². The Kier molecular flexibility index (Phi) is 5.93. The third-order valence-electron chi connectivity index (χ3n) is 5.67. The minimum absolute atomic E-state index is 0.233. The maximum absolute atomic E-state index is 13.0. The second kappa shape index (κ2) is 9.03. The van der Waals surface area contributed by atoms with Gasteiger partial charge in [0.2, 0.25) is 4.96 Å². The molecule has 3 heterocycles. The molecule has 2 aromatic carbocycles. The maximum Gasteiger partial charge on any atom is 0.322 e. The van der Waals surface area contributed by atoms with Crippen LogP contribution >= 0.6 is 22.9 Å². The molecule has 0 bridgehead atoms. The number of hydrogen-bond acceptors (Lipinski definition) is 7. The molecule has 34 heavy (non-hydrogen) atoms. The fourth-order valence-corrected chi connectivity index (χ4v) is 5.23. The summed E-state index contributed by atoms with van der Waals surface area (Å²) in [6, 6.07) is 10.7. The van der Waals surface area contributed by atoms with Crippen LogP contribution in [0.4, 0.5) is 10.5 Å². The lowest BCUT2D eigenvalue weighted by Crippen LogP contribution is -2.38. The Morgan fingerprint density at radius 1 is 1.09 bits per heavy atom. The Labute approximate surface area is 204 Å². The van der Waals surface area contributed by atoms with Crippen LogP contribution in [0.1, 0.15) is 10.6 Å². The number of amides is 2. The molecule has 5 rings (SSSR count). The van der Waals surface area contributed by atoms with E-state index in [2.05, 4.69) is 5.32 Å². The van der Waals surface area contributed by atoms with Gasteiger partial charge in [-0.1, -0.05) is 22.9 Å². The fraction of sp³-hybridized carbons (Fsp3) is 0.261. The normalized spacial score (nSPS) is 13.0. The van der Waals surface area contributed by atoms with E-state index in [4.69, 9.17) is 35.9 Å². The predicted molar refractivity (Wildman–Crippen MR) is 131 cm³/mol. The minimum Gasteiger partial charge on any atom is -0.497 e. The first-order valence-electron chi connectivity index (χ1n) is 10.5. The number of carbonyl (C=O) groups excluding carboxylic acids is 1. The van der Waals surface area contributed by atoms with Crippen molar-refractivity contribution in [2.45, 2.75) is 13.0 Å². The molecular weight excluding hydrogens is 478 g/mol. The highest BCUT2D eigenvalue weighted by Crippen LogP contribution is 2.36. The van der Waals surface area contributed by atoms with Crippen molar-refractivity contribution in [3.05, 3.63) is 52.0 Å². The summed E-state index contributed by atoms with van der Waals surface area (Å²) in [7, 11) is 4.69. The first-order valence-corrected chi connectivity index (χ1v) is 11.7. The Balaban J connectivity index is 1.34. The zero-order valence-electron chi connectivity index (χ0n) is 18.8. The lowest BCUT2D eigenvalue weighted by Gasteiger charge is -2.27. The number of nitrogens with one attached hydrogen (secondary N) is 1. The molecule has 0 saturated heterocycles. The summed E-state index contributed by atoms with van der Waals surface area (Å²) < 4.78 is 17.7. The predicted octanol–water partition coefficient (Wildman–Crippen LogP) is 4.73. The van der Waals surface area contributed by atoms with Crippen LogP contribution in [0.3, 0.4) is 0 Å². The van der Waals surface area contributed by atoms with Gasteiger partial charge < -0.3 is 24.4 Å². The fourth-order valence-electron chi connectivity index (χ4n) is 3.88. The van der Waals surface area contributed by atoms with Gasteiger partial charge in [-0.05, 0) is 30.3 Å². The van der Waals surface area contributed by atoms with Gasteiger partial charge in [-0.2, -0.15) is 4.98 Å². The summed E-state index contributed by atoms with van der Waals surface area (Å²) in [6.45, 7) is 1.02. The van der Waals surface area contributed by atoms with Crippen LogP contribution in [0.25, 0.3) is 16.3 Å². The molecule has 1 aliphatic heterocycles. The number of fused-ring (bicyclic) bond motifs is 3. The van der Waals surface area contributed by atoms with Crippen LogP contribution in [0.5, 0.6) is 17.2 Å². The summed E-state index contributed by atoms with van der Waals surface area (Å²) in [5.41, 5.74) is 2.49. The van der Waals surface area contributed by atoms with Crippen LogP contribution in [0, 0.1) is 0 Å². The molecule has 0 fully saturated rings. The van der Waals surface area contributed by atoms with Gasteiger partial charge in [0.1, 0.15) is 17.2 Å². The number of anilines is 1. The number of urea groups is 1. The number of ether oxygens (including phenoxy) is 3. The standard InChI is InChI=1S/C23H22ClN5O4S/c1-31-14-6-4-13(5-7-14)21-26-23-29(27-21)17-8-9-28(12-20(17)34-23)22(30)25-16-10-15(24)18(32-2)11-19(16)33-3/h4-7,10-11H,8-9,12H2,1-3H3,(H,25,30). The summed E-state index contributed by atoms with van der Waals surface area (Å²) in [5.74, 6) is 2.40. The third-order valence-corrected chi connectivity index (χ3v) is 7.03. The van der Waals surface area contributed by atoms with Crippen molar-refractivity contribution in [1.29, 1.82) is 0 Å². The molecule has 0 aliphatic carbocycles. The number of nitrogens with zero attached hydrogens (tertiary/aromatic N) is 4. The maximum atomic E-state index is 13.0. The Bertz CT molecular complexity index is 1370. The van der Waals surface area contributed by atoms with E-state index in [0.29, 0.717) is 47.5 Å². The molecule has 0 spiro atoms. The van der Waals surface area contributed by atoms with E-state index in [0.717, 1.165) is 26.8 Å². The van der Waals surface area contributed by atoms with Crippen molar-refractivity contribution >= 4 is 39.6 Å². The number of carbonyl (C=O) groups is 1. The lowest BCUT2D eigenvalue weighted by molar-refractivity contribution is 0.206. The van der Waals surface area contributed by atoms with E-state index in [1.807, 2.05) is 28.8 Å². The molecule has 176 valence electrons. The molecule has 2 aromatic heterocycles. The monoisotopic (exact) mass is 499 g/mol. The summed E-state index contributed by atoms with van der Waals surface area (Å²) in [6.07, 6.45) is 0.675. The molecule has 2 amide bonds. The van der Waals surface area contributed by atoms with E-state index >= 15 is 0 Å². The minimum atomic E-state index is -0.233. The molecule has 11 heteroatoms. The highest BCUT2D eigenvalue weighted by molar-refractivity contribution is 7.17. The van der Waals surface area contributed by atoms with E-state index in [1.165, 1.54) is 14.2 Å². The Morgan fingerprint density at radius 2 is 1.85 bits per heavy atom. The lowest BCUT2D eigenvalue weighted by atomic mass is 10.2. The van der Waals surface area contributed by atoms with Crippen molar-refractivity contribution in [1.82, 2.24) is 19.5 Å². The van der Waals surface area contributed by atoms with Gasteiger partial charge in [0, 0.05) is 29.5 Å². The zero-order chi connectivity index (χ0) is 23.8. The zero-order valence-corrected chi connectivity index (χ0v) is 20.4. The number of methoxy groups -OCH3 is 3. The van der Waals surface area contributed by atoms with Gasteiger partial charge in [0.05, 0.1) is 44.3 Å². The average molecular weight is 500 g/mol. The summed E-state index contributed by atoms with van der Waals surface area (Å²) in [4.78, 5) is 21.3. The van der Waals surface area contributed by atoms with E-state index in [1.54, 1.807) is 35.5 Å². The Morgan fingerprint density at radius 3 is 2.56 bits per heavy atom. The first kappa shape index (κ1) is 22.3. The average Bonchev–Trinajstić information content (AvgIpc) is 3.42.